The summed E-state index contributed by atoms with van der Waals surface area (Å²) >= 11 is 0. The zero-order chi connectivity index (χ0) is 51.8. The van der Waals surface area contributed by atoms with Crippen LogP contribution in [0.15, 0.2) is 37.4 Å². The third kappa shape index (κ3) is 17.5. The fourth-order valence-electron chi connectivity index (χ4n) is 9.64. The Morgan fingerprint density at radius 3 is 1.36 bits per heavy atom. The maximum atomic E-state index is 13.4. The Morgan fingerprint density at radius 2 is 0.917 bits per heavy atom. The van der Waals surface area contributed by atoms with Crippen LogP contribution in [0.25, 0.3) is 56.5 Å². The fraction of sp³-hybridized carbons (Fsp3) is 0.552. The number of aromatic nitrogens is 4. The fourth-order valence-corrected chi connectivity index (χ4v) is 9.64. The number of aryl methyl sites for hydroxylation is 2. The lowest BCUT2D eigenvalue weighted by Crippen LogP contribution is -2.27. The minimum Gasteiger partial charge on any atom is -0.356 e. The molecule has 5 heterocycles. The number of amides is 2. The van der Waals surface area contributed by atoms with Crippen molar-refractivity contribution < 1.29 is 9.59 Å². The third-order valence-electron chi connectivity index (χ3n) is 14.2. The Labute approximate surface area is 431 Å². The molecule has 0 aliphatic carbocycles. The largest absolute Gasteiger partial charge is 0.356 e. The lowest BCUT2D eigenvalue weighted by molar-refractivity contribution is -0.121. The highest BCUT2D eigenvalue weighted by molar-refractivity contribution is 5.97. The first-order valence-corrected chi connectivity index (χ1v) is 27.0. The molecule has 0 spiro atoms. The summed E-state index contributed by atoms with van der Waals surface area (Å²) in [6.45, 7) is 27.8. The first-order valence-electron chi connectivity index (χ1n) is 27.0. The minimum absolute atomic E-state index is 0.0279. The summed E-state index contributed by atoms with van der Waals surface area (Å²) in [6, 6.07) is 8.40. The van der Waals surface area contributed by atoms with Crippen LogP contribution in [-0.4, -0.2) is 134 Å². The van der Waals surface area contributed by atoms with Crippen molar-refractivity contribution in [3.63, 3.8) is 0 Å². The van der Waals surface area contributed by atoms with Crippen molar-refractivity contribution in [2.45, 2.75) is 118 Å². The number of nitrogens with two attached hydrogens (primary N) is 2. The number of hydrogen-bond donors (Lipinski definition) is 8. The van der Waals surface area contributed by atoms with Crippen LogP contribution in [0.1, 0.15) is 149 Å². The summed E-state index contributed by atoms with van der Waals surface area (Å²) in [5, 5.41) is 13.5. The van der Waals surface area contributed by atoms with Gasteiger partial charge in [0.05, 0.1) is 22.8 Å². The molecular formula is C58H90N12O2. The van der Waals surface area contributed by atoms with Gasteiger partial charge in [-0.15, -0.1) is 0 Å². The lowest BCUT2D eigenvalue weighted by Gasteiger charge is -2.16. The molecule has 3 aromatic heterocycles. The van der Waals surface area contributed by atoms with Crippen LogP contribution in [0.5, 0.6) is 0 Å². The van der Waals surface area contributed by atoms with Gasteiger partial charge in [-0.1, -0.05) is 25.3 Å². The molecule has 394 valence electrons. The normalized spacial score (nSPS) is 12.7. The molecule has 0 fully saturated rings. The average molecular weight is 987 g/mol. The first kappa shape index (κ1) is 57.7. The number of allylic oxidation sites excluding steroid dienone is 4. The molecule has 0 aromatic carbocycles. The molecule has 0 unspecified atom stereocenters. The second-order valence-electron chi connectivity index (χ2n) is 19.9. The van der Waals surface area contributed by atoms with Crippen LogP contribution in [0.4, 0.5) is 0 Å². The third-order valence-corrected chi connectivity index (χ3v) is 14.2. The SMILES string of the molecule is C=Cc1c(C)c2cc3[nH]c(cc4nc(cc5nc(cc1[nH]2)C(C)=C5CCC(=O)NCCCCNCCCN(C)CCCCN)C(CCC(=O)NCCCCNCCCN(C)CCCCN)=C4C)c(C)c3C=C. The van der Waals surface area contributed by atoms with Gasteiger partial charge in [0, 0.05) is 59.1 Å². The van der Waals surface area contributed by atoms with Crippen LogP contribution in [0.2, 0.25) is 0 Å². The molecule has 2 aliphatic rings. The van der Waals surface area contributed by atoms with Crippen LogP contribution >= 0.6 is 0 Å². The highest BCUT2D eigenvalue weighted by atomic mass is 16.2. The number of H-pyrrole nitrogens is 2. The molecule has 14 heteroatoms. The highest BCUT2D eigenvalue weighted by Gasteiger charge is 2.23. The number of nitrogens with zero attached hydrogens (tertiary/aromatic N) is 4. The van der Waals surface area contributed by atoms with Crippen molar-refractivity contribution in [1.82, 2.24) is 51.0 Å². The van der Waals surface area contributed by atoms with Gasteiger partial charge in [0.25, 0.3) is 0 Å². The Balaban J connectivity index is 1.29. The van der Waals surface area contributed by atoms with E-state index in [1.165, 1.54) is 0 Å². The van der Waals surface area contributed by atoms with Gasteiger partial charge in [-0.05, 0) is 242 Å². The summed E-state index contributed by atoms with van der Waals surface area (Å²) < 4.78 is 0. The summed E-state index contributed by atoms with van der Waals surface area (Å²) in [6.07, 6.45) is 16.0. The second kappa shape index (κ2) is 30.7. The summed E-state index contributed by atoms with van der Waals surface area (Å²) in [5.41, 5.74) is 26.5. The van der Waals surface area contributed by atoms with Gasteiger partial charge in [0.1, 0.15) is 0 Å². The van der Waals surface area contributed by atoms with Crippen LogP contribution in [0, 0.1) is 13.8 Å². The molecule has 5 rings (SSSR count). The van der Waals surface area contributed by atoms with Crippen LogP contribution in [0.3, 0.4) is 0 Å². The maximum Gasteiger partial charge on any atom is 0.220 e. The predicted molar refractivity (Wildman–Crippen MR) is 305 cm³/mol. The summed E-state index contributed by atoms with van der Waals surface area (Å²) in [7, 11) is 4.35. The summed E-state index contributed by atoms with van der Waals surface area (Å²) in [5.74, 6) is 0.0566. The second-order valence-corrected chi connectivity index (χ2v) is 19.9. The van der Waals surface area contributed by atoms with Gasteiger partial charge in [0.15, 0.2) is 0 Å². The Hall–Kier alpha value is -5.22. The molecule has 0 saturated carbocycles. The molecule has 2 amide bonds. The van der Waals surface area contributed by atoms with E-state index in [4.69, 9.17) is 21.4 Å². The van der Waals surface area contributed by atoms with Gasteiger partial charge >= 0.3 is 0 Å². The topological polar surface area (TPSA) is 198 Å². The van der Waals surface area contributed by atoms with Gasteiger partial charge in [-0.3, -0.25) is 9.59 Å². The number of nitrogens with one attached hydrogen (secondary N) is 6. The van der Waals surface area contributed by atoms with E-state index in [9.17, 15) is 9.59 Å². The zero-order valence-electron chi connectivity index (χ0n) is 45.0. The zero-order valence-corrected chi connectivity index (χ0v) is 45.0. The Morgan fingerprint density at radius 1 is 0.528 bits per heavy atom. The molecular weight excluding hydrogens is 897 g/mol. The van der Waals surface area contributed by atoms with E-state index >= 15 is 0 Å². The lowest BCUT2D eigenvalue weighted by atomic mass is 9.98. The molecule has 72 heavy (non-hydrogen) atoms. The van der Waals surface area contributed by atoms with E-state index in [0.717, 1.165) is 219 Å². The van der Waals surface area contributed by atoms with E-state index < -0.39 is 0 Å². The van der Waals surface area contributed by atoms with E-state index in [1.54, 1.807) is 0 Å². The summed E-state index contributed by atoms with van der Waals surface area (Å²) in [4.78, 5) is 49.4. The molecule has 2 aliphatic heterocycles. The standard InChI is InChI=1S/C58H90N12O2/c1-9-45-41(3)49-37-50-43(5)47(21-23-57(71)63-31-15-13-27-61-29-19-35-69(7)33-17-11-25-59)55(67-50)40-56-48(22-24-58(72)64-32-16-14-28-62-30-20-36-70(8)34-18-12-26-60)44(6)52(68-56)39-54-46(10-2)42(4)51(66-54)38-53(45)65-49/h9-10,37-40,61-62,65-66H,1-2,11-36,59-60H2,3-8H3,(H,63,71)(H,64,72). The van der Waals surface area contributed by atoms with Gasteiger partial charge in [-0.2, -0.15) is 0 Å². The number of carbonyl (C=O) groups excluding carboxylic acids is 2. The first-order chi connectivity index (χ1) is 34.9. The predicted octanol–water partition coefficient (Wildman–Crippen LogP) is 8.73. The monoisotopic (exact) mass is 987 g/mol. The quantitative estimate of drug-likeness (QED) is 0.0268. The maximum absolute atomic E-state index is 13.4. The number of carbonyl (C=O) groups is 2. The van der Waals surface area contributed by atoms with E-state index in [2.05, 4.69) is 120 Å². The van der Waals surface area contributed by atoms with Gasteiger partial charge in [-0.25, -0.2) is 9.97 Å². The molecule has 14 nitrogen and oxygen atoms in total. The van der Waals surface area contributed by atoms with Crippen molar-refractivity contribution in [2.75, 3.05) is 92.6 Å². The number of fused-ring (bicyclic) bond motifs is 8. The minimum atomic E-state index is 0.0279. The van der Waals surface area contributed by atoms with Gasteiger partial charge in [0.2, 0.25) is 11.8 Å². The van der Waals surface area contributed by atoms with E-state index in [-0.39, 0.29) is 11.8 Å². The molecule has 3 aromatic rings. The average Bonchev–Trinajstić information content (AvgIpc) is 4.03. The van der Waals surface area contributed by atoms with Crippen molar-refractivity contribution in [1.29, 1.82) is 0 Å². The van der Waals surface area contributed by atoms with E-state index in [1.807, 2.05) is 12.2 Å². The number of aromatic amines is 2. The van der Waals surface area contributed by atoms with Crippen molar-refractivity contribution >= 4 is 68.3 Å². The number of rotatable bonds is 34. The number of hydrogen-bond acceptors (Lipinski definition) is 10. The Bertz CT molecular complexity index is 2500. The Kier molecular flexibility index (Phi) is 24.6. The van der Waals surface area contributed by atoms with Crippen LogP contribution < -0.4 is 32.7 Å². The molecule has 8 bridgehead atoms. The van der Waals surface area contributed by atoms with Crippen molar-refractivity contribution in [3.8, 4) is 0 Å². The molecule has 0 radical (unpaired) electrons. The molecule has 0 saturated heterocycles. The smallest absolute Gasteiger partial charge is 0.220 e. The molecule has 10 N–H and O–H groups in total. The van der Waals surface area contributed by atoms with Crippen molar-refractivity contribution in [2.24, 2.45) is 11.5 Å². The molecule has 0 atom stereocenters. The van der Waals surface area contributed by atoms with Gasteiger partial charge < -0.3 is 52.5 Å². The van der Waals surface area contributed by atoms with E-state index in [0.29, 0.717) is 38.8 Å². The number of unbranched alkanes of at least 4 members (excludes halogenated alkanes) is 4. The highest BCUT2D eigenvalue weighted by Crippen LogP contribution is 2.38. The van der Waals surface area contributed by atoms with Crippen LogP contribution in [-0.2, 0) is 9.59 Å². The van der Waals surface area contributed by atoms with Crippen molar-refractivity contribution in [3.05, 3.63) is 82.5 Å².